The van der Waals surface area contributed by atoms with Gasteiger partial charge in [0.25, 0.3) is 0 Å². The van der Waals surface area contributed by atoms with Gasteiger partial charge in [-0.3, -0.25) is 4.90 Å². The molecular weight excluding hydrogens is 224 g/mol. The van der Waals surface area contributed by atoms with E-state index in [4.69, 9.17) is 0 Å². The summed E-state index contributed by atoms with van der Waals surface area (Å²) in [4.78, 5) is 2.38. The molecule has 2 saturated heterocycles. The smallest absolute Gasteiger partial charge is 0.0736 e. The third-order valence-electron chi connectivity index (χ3n) is 4.59. The maximum Gasteiger partial charge on any atom is 0.0736 e. The molecule has 0 aliphatic carbocycles. The molecule has 2 fully saturated rings. The van der Waals surface area contributed by atoms with Gasteiger partial charge < -0.3 is 10.4 Å². The zero-order chi connectivity index (χ0) is 12.4. The average Bonchev–Trinajstić information content (AvgIpc) is 2.86. The van der Waals surface area contributed by atoms with E-state index in [1.165, 1.54) is 5.56 Å². The summed E-state index contributed by atoms with van der Waals surface area (Å²) in [6.45, 7) is 4.94. The molecule has 1 spiro atoms. The molecule has 3 heteroatoms. The van der Waals surface area contributed by atoms with Gasteiger partial charge in [-0.1, -0.05) is 30.3 Å². The highest BCUT2D eigenvalue weighted by atomic mass is 16.3. The molecule has 0 amide bonds. The molecule has 3 rings (SSSR count). The van der Waals surface area contributed by atoms with Gasteiger partial charge in [0.2, 0.25) is 0 Å². The van der Waals surface area contributed by atoms with Crippen molar-refractivity contribution in [3.8, 4) is 0 Å². The number of nitrogens with one attached hydrogen (secondary N) is 1. The van der Waals surface area contributed by atoms with Crippen LogP contribution in [0, 0.1) is 5.41 Å². The Morgan fingerprint density at radius 3 is 2.78 bits per heavy atom. The molecule has 0 radical (unpaired) electrons. The number of hydrogen-bond acceptors (Lipinski definition) is 3. The lowest BCUT2D eigenvalue weighted by atomic mass is 9.75. The summed E-state index contributed by atoms with van der Waals surface area (Å²) in [6.07, 6.45) is 2.08. The molecule has 2 aliphatic rings. The van der Waals surface area contributed by atoms with Gasteiger partial charge in [0.05, 0.1) is 6.10 Å². The fourth-order valence-corrected chi connectivity index (χ4v) is 3.32. The first-order chi connectivity index (χ1) is 8.78. The number of piperidine rings is 1. The summed E-state index contributed by atoms with van der Waals surface area (Å²) >= 11 is 0. The molecule has 2 aliphatic heterocycles. The second-order valence-electron chi connectivity index (χ2n) is 5.78. The summed E-state index contributed by atoms with van der Waals surface area (Å²) in [5.74, 6) is 0. The molecular formula is C15H22N2O. The van der Waals surface area contributed by atoms with Crippen LogP contribution in [0.25, 0.3) is 0 Å². The van der Waals surface area contributed by atoms with Crippen molar-refractivity contribution < 1.29 is 5.11 Å². The van der Waals surface area contributed by atoms with Gasteiger partial charge in [-0.25, -0.2) is 0 Å². The maximum atomic E-state index is 10.4. The molecule has 3 nitrogen and oxygen atoms in total. The van der Waals surface area contributed by atoms with Crippen LogP contribution < -0.4 is 5.32 Å². The first-order valence-electron chi connectivity index (χ1n) is 6.94. The van der Waals surface area contributed by atoms with E-state index in [0.717, 1.165) is 45.6 Å². The Balaban J connectivity index is 1.61. The molecule has 0 aromatic heterocycles. The van der Waals surface area contributed by atoms with Crippen LogP contribution >= 0.6 is 0 Å². The normalized spacial score (nSPS) is 33.1. The number of hydrogen-bond donors (Lipinski definition) is 2. The van der Waals surface area contributed by atoms with Crippen LogP contribution in [-0.4, -0.2) is 42.3 Å². The number of rotatable bonds is 2. The number of likely N-dealkylation sites (tertiary alicyclic amines) is 1. The number of benzene rings is 1. The van der Waals surface area contributed by atoms with Crippen molar-refractivity contribution in [3.05, 3.63) is 35.9 Å². The fourth-order valence-electron chi connectivity index (χ4n) is 3.32. The number of aliphatic hydroxyl groups excluding tert-OH is 1. The highest BCUT2D eigenvalue weighted by molar-refractivity contribution is 5.14. The lowest BCUT2D eigenvalue weighted by Gasteiger charge is -2.43. The SMILES string of the molecule is OC1CN(Cc2ccccc2)CCC12CCNC2. The minimum atomic E-state index is -0.176. The van der Waals surface area contributed by atoms with Crippen LogP contribution in [0.15, 0.2) is 30.3 Å². The van der Waals surface area contributed by atoms with Gasteiger partial charge in [-0.05, 0) is 31.5 Å². The Labute approximate surface area is 109 Å². The lowest BCUT2D eigenvalue weighted by Crippen LogP contribution is -2.51. The van der Waals surface area contributed by atoms with Gasteiger partial charge in [0, 0.05) is 25.0 Å². The van der Waals surface area contributed by atoms with E-state index in [-0.39, 0.29) is 11.5 Å². The van der Waals surface area contributed by atoms with Crippen LogP contribution in [0.5, 0.6) is 0 Å². The van der Waals surface area contributed by atoms with E-state index in [0.29, 0.717) is 0 Å². The summed E-state index contributed by atoms with van der Waals surface area (Å²) in [7, 11) is 0. The van der Waals surface area contributed by atoms with E-state index < -0.39 is 0 Å². The largest absolute Gasteiger partial charge is 0.391 e. The molecule has 0 bridgehead atoms. The van der Waals surface area contributed by atoms with Crippen LogP contribution in [0.3, 0.4) is 0 Å². The summed E-state index contributed by atoms with van der Waals surface area (Å²) in [6, 6.07) is 10.5. The van der Waals surface area contributed by atoms with E-state index in [1.807, 2.05) is 6.07 Å². The van der Waals surface area contributed by atoms with E-state index in [9.17, 15) is 5.11 Å². The summed E-state index contributed by atoms with van der Waals surface area (Å²) in [5, 5.41) is 13.8. The summed E-state index contributed by atoms with van der Waals surface area (Å²) in [5.41, 5.74) is 1.50. The van der Waals surface area contributed by atoms with E-state index >= 15 is 0 Å². The lowest BCUT2D eigenvalue weighted by molar-refractivity contribution is -0.0371. The van der Waals surface area contributed by atoms with E-state index in [1.54, 1.807) is 0 Å². The monoisotopic (exact) mass is 246 g/mol. The third kappa shape index (κ3) is 2.30. The van der Waals surface area contributed by atoms with Gasteiger partial charge in [-0.15, -0.1) is 0 Å². The Morgan fingerprint density at radius 2 is 2.11 bits per heavy atom. The van der Waals surface area contributed by atoms with Crippen molar-refractivity contribution >= 4 is 0 Å². The minimum absolute atomic E-state index is 0.160. The zero-order valence-electron chi connectivity index (χ0n) is 10.8. The van der Waals surface area contributed by atoms with Gasteiger partial charge >= 0.3 is 0 Å². The molecule has 18 heavy (non-hydrogen) atoms. The Bertz CT molecular complexity index is 387. The van der Waals surface area contributed by atoms with Gasteiger partial charge in [-0.2, -0.15) is 0 Å². The molecule has 2 atom stereocenters. The quantitative estimate of drug-likeness (QED) is 0.824. The third-order valence-corrected chi connectivity index (χ3v) is 4.59. The molecule has 2 heterocycles. The van der Waals surface area contributed by atoms with Crippen LogP contribution in [-0.2, 0) is 6.54 Å². The fraction of sp³-hybridized carbons (Fsp3) is 0.600. The highest BCUT2D eigenvalue weighted by Crippen LogP contribution is 2.37. The predicted molar refractivity (Wildman–Crippen MR) is 72.3 cm³/mol. The first kappa shape index (κ1) is 12.2. The first-order valence-corrected chi connectivity index (χ1v) is 6.94. The van der Waals surface area contributed by atoms with Crippen molar-refractivity contribution in [2.24, 2.45) is 5.41 Å². The van der Waals surface area contributed by atoms with Gasteiger partial charge in [0.15, 0.2) is 0 Å². The zero-order valence-corrected chi connectivity index (χ0v) is 10.8. The highest BCUT2D eigenvalue weighted by Gasteiger charge is 2.43. The number of nitrogens with zero attached hydrogens (tertiary/aromatic N) is 1. The van der Waals surface area contributed by atoms with Crippen LogP contribution in [0.1, 0.15) is 18.4 Å². The van der Waals surface area contributed by atoms with Crippen molar-refractivity contribution in [3.63, 3.8) is 0 Å². The summed E-state index contributed by atoms with van der Waals surface area (Å²) < 4.78 is 0. The predicted octanol–water partition coefficient (Wildman–Crippen LogP) is 1.23. The van der Waals surface area contributed by atoms with Gasteiger partial charge in [0.1, 0.15) is 0 Å². The second kappa shape index (κ2) is 5.00. The molecule has 1 aromatic carbocycles. The van der Waals surface area contributed by atoms with Crippen molar-refractivity contribution in [1.29, 1.82) is 0 Å². The van der Waals surface area contributed by atoms with Crippen LogP contribution in [0.2, 0.25) is 0 Å². The van der Waals surface area contributed by atoms with Crippen molar-refractivity contribution in [2.45, 2.75) is 25.5 Å². The number of aliphatic hydroxyl groups is 1. The maximum absolute atomic E-state index is 10.4. The molecule has 98 valence electrons. The Hall–Kier alpha value is -0.900. The Morgan fingerprint density at radius 1 is 1.28 bits per heavy atom. The second-order valence-corrected chi connectivity index (χ2v) is 5.78. The minimum Gasteiger partial charge on any atom is -0.391 e. The molecule has 1 aromatic rings. The van der Waals surface area contributed by atoms with E-state index in [2.05, 4.69) is 34.5 Å². The van der Waals surface area contributed by atoms with Crippen molar-refractivity contribution in [1.82, 2.24) is 10.2 Å². The Kier molecular flexibility index (Phi) is 3.37. The molecule has 2 unspecified atom stereocenters. The van der Waals surface area contributed by atoms with Crippen molar-refractivity contribution in [2.75, 3.05) is 26.2 Å². The van der Waals surface area contributed by atoms with Crippen LogP contribution in [0.4, 0.5) is 0 Å². The standard InChI is InChI=1S/C15H22N2O/c18-14-11-17(10-13-4-2-1-3-5-13)9-7-15(14)6-8-16-12-15/h1-5,14,16,18H,6-12H2. The number of β-amino-alcohol motifs (C(OH)–C–C–N with tert-alkyl or cyclic N) is 1. The average molecular weight is 246 g/mol. The molecule has 0 saturated carbocycles. The topological polar surface area (TPSA) is 35.5 Å². The molecule has 2 N–H and O–H groups in total.